The van der Waals surface area contributed by atoms with E-state index in [2.05, 4.69) is 21.0 Å². The number of imidazole rings is 1. The number of H-pyrrole nitrogens is 1. The highest BCUT2D eigenvalue weighted by Gasteiger charge is 2.16. The number of fused-ring (bicyclic) bond motifs is 3. The van der Waals surface area contributed by atoms with Crippen LogP contribution in [-0.2, 0) is 32.0 Å². The molecule has 3 aromatic rings. The number of morpholine rings is 1. The van der Waals surface area contributed by atoms with E-state index >= 15 is 0 Å². The molecule has 9 nitrogen and oxygen atoms in total. The van der Waals surface area contributed by atoms with Crippen LogP contribution in [0.1, 0.15) is 24.7 Å². The van der Waals surface area contributed by atoms with Gasteiger partial charge in [-0.25, -0.2) is 9.97 Å². The minimum atomic E-state index is 0.0287. The largest absolute Gasteiger partial charge is 0.382 e. The number of carbonyl (C=O) groups is 1. The first-order valence-electron chi connectivity index (χ1n) is 10.7. The van der Waals surface area contributed by atoms with Crippen molar-refractivity contribution in [1.82, 2.24) is 19.9 Å². The Morgan fingerprint density at radius 3 is 2.90 bits per heavy atom. The fourth-order valence-electron chi connectivity index (χ4n) is 3.73. The molecule has 1 aliphatic heterocycles. The Kier molecular flexibility index (Phi) is 6.96. The maximum atomic E-state index is 12.1. The molecule has 0 spiro atoms. The average molecular weight is 428 g/mol. The minimum absolute atomic E-state index is 0.0287. The van der Waals surface area contributed by atoms with Crippen LogP contribution in [0.4, 0.5) is 5.82 Å². The summed E-state index contributed by atoms with van der Waals surface area (Å²) in [4.78, 5) is 26.2. The van der Waals surface area contributed by atoms with Gasteiger partial charge in [-0.2, -0.15) is 0 Å². The Labute approximate surface area is 180 Å². The van der Waals surface area contributed by atoms with E-state index in [1.165, 1.54) is 0 Å². The molecule has 3 heterocycles. The molecule has 0 radical (unpaired) electrons. The molecular weight excluding hydrogens is 398 g/mol. The van der Waals surface area contributed by atoms with Gasteiger partial charge in [-0.05, 0) is 31.4 Å². The number of benzene rings is 1. The molecule has 9 heteroatoms. The zero-order valence-electron chi connectivity index (χ0n) is 17.9. The molecular formula is C22H29N5O4. The van der Waals surface area contributed by atoms with Crippen molar-refractivity contribution < 1.29 is 19.0 Å². The van der Waals surface area contributed by atoms with E-state index in [1.54, 1.807) is 4.90 Å². The molecule has 1 saturated heterocycles. The summed E-state index contributed by atoms with van der Waals surface area (Å²) >= 11 is 0. The van der Waals surface area contributed by atoms with Gasteiger partial charge in [-0.1, -0.05) is 12.1 Å². The van der Waals surface area contributed by atoms with Gasteiger partial charge in [0.15, 0.2) is 5.82 Å². The number of hydrogen-bond acceptors (Lipinski definition) is 7. The number of aromatic nitrogens is 3. The first-order chi connectivity index (χ1) is 15.2. The third-order valence-corrected chi connectivity index (χ3v) is 5.35. The van der Waals surface area contributed by atoms with Gasteiger partial charge in [-0.3, -0.25) is 4.79 Å². The molecule has 1 aliphatic rings. The van der Waals surface area contributed by atoms with Crippen molar-refractivity contribution in [3.63, 3.8) is 0 Å². The lowest BCUT2D eigenvalue weighted by molar-refractivity contribution is -0.140. The van der Waals surface area contributed by atoms with Crippen molar-refractivity contribution in [1.29, 1.82) is 0 Å². The molecule has 0 bridgehead atoms. The van der Waals surface area contributed by atoms with Crippen LogP contribution < -0.4 is 5.73 Å². The monoisotopic (exact) mass is 427 g/mol. The molecule has 4 rings (SSSR count). The van der Waals surface area contributed by atoms with Crippen molar-refractivity contribution in [2.75, 3.05) is 51.9 Å². The zero-order valence-corrected chi connectivity index (χ0v) is 17.9. The molecule has 166 valence electrons. The topological polar surface area (TPSA) is 116 Å². The van der Waals surface area contributed by atoms with E-state index in [9.17, 15) is 4.79 Å². The quantitative estimate of drug-likeness (QED) is 0.502. The van der Waals surface area contributed by atoms with Gasteiger partial charge in [-0.15, -0.1) is 0 Å². The number of amides is 1. The minimum Gasteiger partial charge on any atom is -0.382 e. The number of aryl methyl sites for hydroxylation is 1. The van der Waals surface area contributed by atoms with Crippen LogP contribution in [0.25, 0.3) is 21.9 Å². The van der Waals surface area contributed by atoms with E-state index in [0.717, 1.165) is 40.6 Å². The maximum Gasteiger partial charge on any atom is 0.248 e. The summed E-state index contributed by atoms with van der Waals surface area (Å²) < 4.78 is 16.3. The third-order valence-electron chi connectivity index (χ3n) is 5.35. The molecule has 1 aromatic carbocycles. The Bertz CT molecular complexity index is 1050. The summed E-state index contributed by atoms with van der Waals surface area (Å²) in [7, 11) is 0. The summed E-state index contributed by atoms with van der Waals surface area (Å²) in [5.74, 6) is 1.18. The fraction of sp³-hybridized carbons (Fsp3) is 0.500. The number of hydrogen-bond donors (Lipinski definition) is 2. The summed E-state index contributed by atoms with van der Waals surface area (Å²) in [5.41, 5.74) is 9.68. The van der Waals surface area contributed by atoms with Crippen LogP contribution in [-0.4, -0.2) is 71.9 Å². The number of nitrogen functional groups attached to an aromatic ring is 1. The number of aromatic amines is 1. The van der Waals surface area contributed by atoms with Crippen LogP contribution in [0.15, 0.2) is 18.2 Å². The molecule has 0 saturated carbocycles. The van der Waals surface area contributed by atoms with E-state index in [1.807, 2.05) is 19.1 Å². The Morgan fingerprint density at radius 1 is 1.26 bits per heavy atom. The van der Waals surface area contributed by atoms with Gasteiger partial charge in [0, 0.05) is 31.7 Å². The van der Waals surface area contributed by atoms with Gasteiger partial charge in [0.25, 0.3) is 0 Å². The van der Waals surface area contributed by atoms with E-state index in [0.29, 0.717) is 57.5 Å². The van der Waals surface area contributed by atoms with Gasteiger partial charge in [0.05, 0.1) is 24.2 Å². The summed E-state index contributed by atoms with van der Waals surface area (Å²) in [6.45, 7) is 6.14. The Morgan fingerprint density at radius 2 is 2.10 bits per heavy atom. The standard InChI is InChI=1S/C22H29N5O4/c1-2-29-13-18-25-20-16-6-5-15(12-17(16)24-22(23)21(20)26-18)4-3-9-31-14-19(28)27-7-10-30-11-8-27/h5-6,12H,2-4,7-11,13-14H2,1H3,(H2,23,24)(H,25,26). The molecule has 0 atom stereocenters. The average Bonchev–Trinajstić information content (AvgIpc) is 3.23. The van der Waals surface area contributed by atoms with Crippen molar-refractivity contribution in [2.24, 2.45) is 0 Å². The highest BCUT2D eigenvalue weighted by Crippen LogP contribution is 2.27. The number of carbonyl (C=O) groups excluding carboxylic acids is 1. The molecule has 1 fully saturated rings. The molecule has 31 heavy (non-hydrogen) atoms. The number of nitrogens with one attached hydrogen (secondary N) is 1. The second kappa shape index (κ2) is 10.0. The Balaban J connectivity index is 1.34. The van der Waals surface area contributed by atoms with Crippen molar-refractivity contribution in [3.05, 3.63) is 29.6 Å². The van der Waals surface area contributed by atoms with E-state index in [-0.39, 0.29) is 12.5 Å². The van der Waals surface area contributed by atoms with Crippen LogP contribution in [0.5, 0.6) is 0 Å². The zero-order chi connectivity index (χ0) is 21.6. The van der Waals surface area contributed by atoms with Gasteiger partial charge >= 0.3 is 0 Å². The predicted molar refractivity (Wildman–Crippen MR) is 118 cm³/mol. The third kappa shape index (κ3) is 5.12. The number of nitrogens with two attached hydrogens (primary N) is 1. The van der Waals surface area contributed by atoms with Crippen LogP contribution in [0.3, 0.4) is 0 Å². The van der Waals surface area contributed by atoms with E-state index < -0.39 is 0 Å². The van der Waals surface area contributed by atoms with Gasteiger partial charge in [0.2, 0.25) is 5.91 Å². The molecule has 3 N–H and O–H groups in total. The number of ether oxygens (including phenoxy) is 3. The van der Waals surface area contributed by atoms with Gasteiger partial charge < -0.3 is 29.8 Å². The summed E-state index contributed by atoms with van der Waals surface area (Å²) in [6, 6.07) is 6.18. The highest BCUT2D eigenvalue weighted by molar-refractivity contribution is 6.06. The number of nitrogens with zero attached hydrogens (tertiary/aromatic N) is 3. The number of anilines is 1. The summed E-state index contributed by atoms with van der Waals surface area (Å²) in [6.07, 6.45) is 1.65. The second-order valence-corrected chi connectivity index (χ2v) is 7.54. The maximum absolute atomic E-state index is 12.1. The molecule has 0 aliphatic carbocycles. The SMILES string of the molecule is CCOCc1nc2c(N)nc3cc(CCCOCC(=O)N4CCOCC4)ccc3c2[nH]1. The second-order valence-electron chi connectivity index (χ2n) is 7.54. The fourth-order valence-corrected chi connectivity index (χ4v) is 3.73. The molecule has 0 unspecified atom stereocenters. The van der Waals surface area contributed by atoms with Crippen molar-refractivity contribution in [2.45, 2.75) is 26.4 Å². The van der Waals surface area contributed by atoms with Crippen molar-refractivity contribution >= 4 is 33.7 Å². The normalized spacial score (nSPS) is 14.5. The summed E-state index contributed by atoms with van der Waals surface area (Å²) in [5, 5.41) is 0.982. The van der Waals surface area contributed by atoms with Crippen molar-refractivity contribution in [3.8, 4) is 0 Å². The smallest absolute Gasteiger partial charge is 0.248 e. The number of rotatable bonds is 9. The predicted octanol–water partition coefficient (Wildman–Crippen LogP) is 2.04. The first-order valence-corrected chi connectivity index (χ1v) is 10.7. The highest BCUT2D eigenvalue weighted by atomic mass is 16.5. The molecule has 1 amide bonds. The first kappa shape index (κ1) is 21.5. The van der Waals surface area contributed by atoms with Crippen LogP contribution >= 0.6 is 0 Å². The molecule has 2 aromatic heterocycles. The lowest BCUT2D eigenvalue weighted by Gasteiger charge is -2.26. The lowest BCUT2D eigenvalue weighted by Crippen LogP contribution is -2.42. The van der Waals surface area contributed by atoms with Crippen LogP contribution in [0, 0.1) is 0 Å². The Hall–Kier alpha value is -2.75. The van der Waals surface area contributed by atoms with E-state index in [4.69, 9.17) is 19.9 Å². The van der Waals surface area contributed by atoms with Crippen LogP contribution in [0.2, 0.25) is 0 Å². The lowest BCUT2D eigenvalue weighted by atomic mass is 10.1. The van der Waals surface area contributed by atoms with Gasteiger partial charge in [0.1, 0.15) is 24.6 Å². The number of pyridine rings is 1.